The lowest BCUT2D eigenvalue weighted by molar-refractivity contribution is 0.0726. The first-order valence-electron chi connectivity index (χ1n) is 6.65. The summed E-state index contributed by atoms with van der Waals surface area (Å²) in [6, 6.07) is 2.24. The van der Waals surface area contributed by atoms with E-state index in [0.29, 0.717) is 11.7 Å². The van der Waals surface area contributed by atoms with Gasteiger partial charge in [0.15, 0.2) is 0 Å². The summed E-state index contributed by atoms with van der Waals surface area (Å²) < 4.78 is 1.70. The summed E-state index contributed by atoms with van der Waals surface area (Å²) in [4.78, 5) is 14.5. The number of carbonyl (C=O) groups excluding carboxylic acids is 1. The van der Waals surface area contributed by atoms with Crippen LogP contribution in [0.1, 0.15) is 35.9 Å². The standard InChI is InChI=1S/C13H22N4O/c1-4-10-8-12(16(3)15-10)13(18)17-7-5-6-11(17)9-14-2/h8,11,14H,4-7,9H2,1-3H3. The van der Waals surface area contributed by atoms with Crippen LogP contribution in [0.5, 0.6) is 0 Å². The first-order valence-corrected chi connectivity index (χ1v) is 6.65. The molecule has 1 saturated heterocycles. The molecule has 1 fully saturated rings. The lowest BCUT2D eigenvalue weighted by Gasteiger charge is -2.24. The van der Waals surface area contributed by atoms with E-state index < -0.39 is 0 Å². The van der Waals surface area contributed by atoms with Crippen LogP contribution in [0.4, 0.5) is 0 Å². The van der Waals surface area contributed by atoms with Crippen LogP contribution < -0.4 is 5.32 Å². The number of hydrogen-bond donors (Lipinski definition) is 1. The largest absolute Gasteiger partial charge is 0.333 e. The van der Waals surface area contributed by atoms with Gasteiger partial charge in [-0.15, -0.1) is 0 Å². The summed E-state index contributed by atoms with van der Waals surface area (Å²) >= 11 is 0. The van der Waals surface area contributed by atoms with Crippen LogP contribution in [0.15, 0.2) is 6.07 Å². The summed E-state index contributed by atoms with van der Waals surface area (Å²) in [5.74, 6) is 0.113. The minimum absolute atomic E-state index is 0.113. The Kier molecular flexibility index (Phi) is 4.01. The smallest absolute Gasteiger partial charge is 0.272 e. The molecule has 5 nitrogen and oxygen atoms in total. The maximum Gasteiger partial charge on any atom is 0.272 e. The first-order chi connectivity index (χ1) is 8.67. The van der Waals surface area contributed by atoms with Gasteiger partial charge in [0.2, 0.25) is 0 Å². The molecule has 5 heteroatoms. The number of carbonyl (C=O) groups is 1. The van der Waals surface area contributed by atoms with Crippen LogP contribution in [0.3, 0.4) is 0 Å². The Morgan fingerprint density at radius 3 is 3.00 bits per heavy atom. The second-order valence-electron chi connectivity index (χ2n) is 4.85. The number of amides is 1. The first kappa shape index (κ1) is 13.1. The van der Waals surface area contributed by atoms with E-state index >= 15 is 0 Å². The minimum Gasteiger partial charge on any atom is -0.333 e. The van der Waals surface area contributed by atoms with E-state index in [9.17, 15) is 4.79 Å². The second-order valence-corrected chi connectivity index (χ2v) is 4.85. The summed E-state index contributed by atoms with van der Waals surface area (Å²) in [6.07, 6.45) is 3.04. The Hall–Kier alpha value is -1.36. The monoisotopic (exact) mass is 250 g/mol. The Morgan fingerprint density at radius 1 is 1.61 bits per heavy atom. The average molecular weight is 250 g/mol. The van der Waals surface area contributed by atoms with Crippen molar-refractivity contribution in [1.82, 2.24) is 20.0 Å². The molecular weight excluding hydrogens is 228 g/mol. The molecule has 1 N–H and O–H groups in total. The van der Waals surface area contributed by atoms with Gasteiger partial charge in [-0.05, 0) is 32.4 Å². The van der Waals surface area contributed by atoms with E-state index in [1.165, 1.54) is 0 Å². The van der Waals surface area contributed by atoms with Crippen LogP contribution in [0.25, 0.3) is 0 Å². The van der Waals surface area contributed by atoms with Crippen LogP contribution in [-0.4, -0.2) is 46.8 Å². The fourth-order valence-corrected chi connectivity index (χ4v) is 2.60. The average Bonchev–Trinajstić information content (AvgIpc) is 2.95. The molecule has 1 aromatic rings. The molecular formula is C13H22N4O. The number of aromatic nitrogens is 2. The van der Waals surface area contributed by atoms with Gasteiger partial charge < -0.3 is 10.2 Å². The molecule has 0 aromatic carbocycles. The molecule has 2 heterocycles. The van der Waals surface area contributed by atoms with Gasteiger partial charge in [-0.1, -0.05) is 6.92 Å². The fraction of sp³-hybridized carbons (Fsp3) is 0.692. The number of likely N-dealkylation sites (N-methyl/N-ethyl adjacent to an activating group) is 1. The molecule has 1 aliphatic rings. The van der Waals surface area contributed by atoms with E-state index in [1.807, 2.05) is 25.1 Å². The highest BCUT2D eigenvalue weighted by Gasteiger charge is 2.30. The van der Waals surface area contributed by atoms with Gasteiger partial charge in [0.1, 0.15) is 5.69 Å². The van der Waals surface area contributed by atoms with Gasteiger partial charge in [-0.25, -0.2) is 0 Å². The number of likely N-dealkylation sites (tertiary alicyclic amines) is 1. The van der Waals surface area contributed by atoms with Crippen LogP contribution in [0, 0.1) is 0 Å². The summed E-state index contributed by atoms with van der Waals surface area (Å²) in [5, 5.41) is 7.51. The molecule has 1 aromatic heterocycles. The molecule has 0 bridgehead atoms. The van der Waals surface area contributed by atoms with Gasteiger partial charge in [0.25, 0.3) is 5.91 Å². The van der Waals surface area contributed by atoms with Crippen molar-refractivity contribution in [2.45, 2.75) is 32.2 Å². The lowest BCUT2D eigenvalue weighted by atomic mass is 10.2. The van der Waals surface area contributed by atoms with Crippen molar-refractivity contribution in [3.63, 3.8) is 0 Å². The summed E-state index contributed by atoms with van der Waals surface area (Å²) in [6.45, 7) is 3.78. The molecule has 2 rings (SSSR count). The van der Waals surface area contributed by atoms with Crippen molar-refractivity contribution >= 4 is 5.91 Å². The SMILES string of the molecule is CCc1cc(C(=O)N2CCCC2CNC)n(C)n1. The summed E-state index contributed by atoms with van der Waals surface area (Å²) in [5.41, 5.74) is 1.68. The van der Waals surface area contributed by atoms with Crippen LogP contribution in [-0.2, 0) is 13.5 Å². The van der Waals surface area contributed by atoms with E-state index in [0.717, 1.165) is 38.0 Å². The molecule has 0 spiro atoms. The van der Waals surface area contributed by atoms with Crippen LogP contribution >= 0.6 is 0 Å². The minimum atomic E-state index is 0.113. The van der Waals surface area contributed by atoms with E-state index in [-0.39, 0.29) is 5.91 Å². The molecule has 100 valence electrons. The van der Waals surface area contributed by atoms with Crippen molar-refractivity contribution in [3.05, 3.63) is 17.5 Å². The van der Waals surface area contributed by atoms with E-state index in [2.05, 4.69) is 17.3 Å². The number of hydrogen-bond acceptors (Lipinski definition) is 3. The molecule has 1 aliphatic heterocycles. The Morgan fingerprint density at radius 2 is 2.39 bits per heavy atom. The Labute approximate surface area is 108 Å². The maximum atomic E-state index is 12.5. The maximum absolute atomic E-state index is 12.5. The highest BCUT2D eigenvalue weighted by Crippen LogP contribution is 2.20. The van der Waals surface area contributed by atoms with Gasteiger partial charge in [0.05, 0.1) is 5.69 Å². The third kappa shape index (κ3) is 2.41. The zero-order valence-electron chi connectivity index (χ0n) is 11.4. The van der Waals surface area contributed by atoms with E-state index in [1.54, 1.807) is 4.68 Å². The Balaban J connectivity index is 2.17. The zero-order chi connectivity index (χ0) is 13.1. The third-order valence-corrected chi connectivity index (χ3v) is 3.59. The van der Waals surface area contributed by atoms with Crippen molar-refractivity contribution < 1.29 is 4.79 Å². The molecule has 0 saturated carbocycles. The predicted molar refractivity (Wildman–Crippen MR) is 70.6 cm³/mol. The van der Waals surface area contributed by atoms with Gasteiger partial charge in [0, 0.05) is 26.2 Å². The van der Waals surface area contributed by atoms with Gasteiger partial charge in [-0.3, -0.25) is 9.48 Å². The molecule has 0 radical (unpaired) electrons. The van der Waals surface area contributed by atoms with Gasteiger partial charge in [-0.2, -0.15) is 5.10 Å². The van der Waals surface area contributed by atoms with Gasteiger partial charge >= 0.3 is 0 Å². The van der Waals surface area contributed by atoms with Crippen molar-refractivity contribution in [2.24, 2.45) is 7.05 Å². The normalized spacial score (nSPS) is 19.5. The Bertz CT molecular complexity index is 427. The number of aryl methyl sites for hydroxylation is 2. The zero-order valence-corrected chi connectivity index (χ0v) is 11.4. The number of nitrogens with zero attached hydrogens (tertiary/aromatic N) is 3. The van der Waals surface area contributed by atoms with Crippen molar-refractivity contribution in [2.75, 3.05) is 20.1 Å². The number of rotatable bonds is 4. The number of nitrogens with one attached hydrogen (secondary N) is 1. The highest BCUT2D eigenvalue weighted by atomic mass is 16.2. The van der Waals surface area contributed by atoms with Crippen molar-refractivity contribution in [1.29, 1.82) is 0 Å². The lowest BCUT2D eigenvalue weighted by Crippen LogP contribution is -2.41. The predicted octanol–water partition coefficient (Wildman–Crippen LogP) is 0.806. The van der Waals surface area contributed by atoms with Crippen LogP contribution in [0.2, 0.25) is 0 Å². The molecule has 1 amide bonds. The molecule has 18 heavy (non-hydrogen) atoms. The van der Waals surface area contributed by atoms with Crippen molar-refractivity contribution in [3.8, 4) is 0 Å². The van der Waals surface area contributed by atoms with E-state index in [4.69, 9.17) is 0 Å². The summed E-state index contributed by atoms with van der Waals surface area (Å²) in [7, 11) is 3.77. The molecule has 1 unspecified atom stereocenters. The molecule has 1 atom stereocenters. The topological polar surface area (TPSA) is 50.2 Å². The highest BCUT2D eigenvalue weighted by molar-refractivity contribution is 5.93. The fourth-order valence-electron chi connectivity index (χ4n) is 2.60. The second kappa shape index (κ2) is 5.52. The third-order valence-electron chi connectivity index (χ3n) is 3.59. The quantitative estimate of drug-likeness (QED) is 0.860. The molecule has 0 aliphatic carbocycles.